The smallest absolute Gasteiger partial charge is 0.277 e. The van der Waals surface area contributed by atoms with Gasteiger partial charge in [-0.05, 0) is 24.3 Å². The van der Waals surface area contributed by atoms with Gasteiger partial charge in [0, 0.05) is 11.1 Å². The Bertz CT molecular complexity index is 1040. The van der Waals surface area contributed by atoms with Gasteiger partial charge in [-0.2, -0.15) is 5.10 Å². The van der Waals surface area contributed by atoms with E-state index in [9.17, 15) is 9.18 Å². The molecule has 0 saturated heterocycles. The van der Waals surface area contributed by atoms with Crippen LogP contribution in [0.4, 0.5) is 4.39 Å². The standard InChI is InChI=1S/C17H11FN4O/c18-12-8-6-11(7-9-12)16-19-14-13(10-4-2-1-3-5-10)21-22-15(14)17(23)20-16/h1-9H,(H,21,22)(H,19,20,23). The first-order valence-electron chi connectivity index (χ1n) is 7.02. The molecule has 2 N–H and O–H groups in total. The van der Waals surface area contributed by atoms with Crippen LogP contribution in [0.2, 0.25) is 0 Å². The first-order chi connectivity index (χ1) is 11.2. The number of hydrogen-bond donors (Lipinski definition) is 2. The van der Waals surface area contributed by atoms with E-state index in [1.165, 1.54) is 12.1 Å². The van der Waals surface area contributed by atoms with Gasteiger partial charge in [-0.3, -0.25) is 9.89 Å². The molecule has 0 aliphatic rings. The minimum Gasteiger partial charge on any atom is -0.305 e. The second-order valence-corrected chi connectivity index (χ2v) is 5.08. The molecule has 2 aromatic carbocycles. The van der Waals surface area contributed by atoms with Crippen molar-refractivity contribution in [2.75, 3.05) is 0 Å². The Hall–Kier alpha value is -3.28. The van der Waals surface area contributed by atoms with Gasteiger partial charge >= 0.3 is 0 Å². The summed E-state index contributed by atoms with van der Waals surface area (Å²) in [6, 6.07) is 15.3. The molecule has 0 radical (unpaired) electrons. The highest BCUT2D eigenvalue weighted by Gasteiger charge is 2.14. The van der Waals surface area contributed by atoms with Crippen LogP contribution in [0, 0.1) is 5.82 Å². The fraction of sp³-hybridized carbons (Fsp3) is 0. The van der Waals surface area contributed by atoms with Crippen LogP contribution in [0.1, 0.15) is 0 Å². The molecular formula is C17H11FN4O. The van der Waals surface area contributed by atoms with Crippen molar-refractivity contribution in [3.05, 3.63) is 70.8 Å². The van der Waals surface area contributed by atoms with E-state index >= 15 is 0 Å². The van der Waals surface area contributed by atoms with Gasteiger partial charge in [0.05, 0.1) is 0 Å². The molecule has 112 valence electrons. The predicted octanol–water partition coefficient (Wildman–Crippen LogP) is 3.12. The first-order valence-corrected chi connectivity index (χ1v) is 7.02. The molecule has 0 aliphatic heterocycles. The van der Waals surface area contributed by atoms with Gasteiger partial charge < -0.3 is 4.98 Å². The molecule has 5 nitrogen and oxygen atoms in total. The van der Waals surface area contributed by atoms with Gasteiger partial charge in [0.1, 0.15) is 28.4 Å². The lowest BCUT2D eigenvalue weighted by molar-refractivity contribution is 0.628. The minimum absolute atomic E-state index is 0.315. The maximum Gasteiger partial charge on any atom is 0.277 e. The zero-order chi connectivity index (χ0) is 15.8. The largest absolute Gasteiger partial charge is 0.305 e. The Morgan fingerprint density at radius 2 is 1.65 bits per heavy atom. The van der Waals surface area contributed by atoms with Gasteiger partial charge in [0.25, 0.3) is 5.56 Å². The van der Waals surface area contributed by atoms with Crippen molar-refractivity contribution in [1.29, 1.82) is 0 Å². The summed E-state index contributed by atoms with van der Waals surface area (Å²) in [5.41, 5.74) is 2.58. The lowest BCUT2D eigenvalue weighted by Crippen LogP contribution is -2.09. The van der Waals surface area contributed by atoms with E-state index < -0.39 is 0 Å². The number of hydrogen-bond acceptors (Lipinski definition) is 3. The topological polar surface area (TPSA) is 74.4 Å². The van der Waals surface area contributed by atoms with Gasteiger partial charge in [-0.25, -0.2) is 9.37 Å². The molecule has 0 spiro atoms. The molecule has 4 aromatic rings. The molecule has 0 bridgehead atoms. The molecule has 0 fully saturated rings. The summed E-state index contributed by atoms with van der Waals surface area (Å²) in [5.74, 6) is 0.0338. The lowest BCUT2D eigenvalue weighted by Gasteiger charge is -2.02. The summed E-state index contributed by atoms with van der Waals surface area (Å²) in [5, 5.41) is 6.93. The van der Waals surface area contributed by atoms with Crippen molar-refractivity contribution in [3.8, 4) is 22.6 Å². The second-order valence-electron chi connectivity index (χ2n) is 5.08. The highest BCUT2D eigenvalue weighted by atomic mass is 19.1. The first kappa shape index (κ1) is 13.4. The number of H-pyrrole nitrogens is 2. The van der Waals surface area contributed by atoms with Gasteiger partial charge in [0.2, 0.25) is 0 Å². The summed E-state index contributed by atoms with van der Waals surface area (Å²) in [6.45, 7) is 0. The second kappa shape index (κ2) is 5.17. The summed E-state index contributed by atoms with van der Waals surface area (Å²) >= 11 is 0. The van der Waals surface area contributed by atoms with Crippen LogP contribution in [0.15, 0.2) is 59.4 Å². The van der Waals surface area contributed by atoms with E-state index in [-0.39, 0.29) is 11.4 Å². The van der Waals surface area contributed by atoms with Crippen molar-refractivity contribution in [3.63, 3.8) is 0 Å². The molecule has 0 amide bonds. The van der Waals surface area contributed by atoms with Crippen LogP contribution in [-0.2, 0) is 0 Å². The molecule has 2 aromatic heterocycles. The van der Waals surface area contributed by atoms with Crippen molar-refractivity contribution in [2.24, 2.45) is 0 Å². The third-order valence-corrected chi connectivity index (χ3v) is 3.59. The average Bonchev–Trinajstić information content (AvgIpc) is 3.01. The normalized spacial score (nSPS) is 11.0. The molecule has 6 heteroatoms. The number of nitrogens with one attached hydrogen (secondary N) is 2. The van der Waals surface area contributed by atoms with E-state index in [4.69, 9.17) is 0 Å². The summed E-state index contributed by atoms with van der Waals surface area (Å²) in [7, 11) is 0. The predicted molar refractivity (Wildman–Crippen MR) is 85.3 cm³/mol. The molecule has 2 heterocycles. The van der Waals surface area contributed by atoms with Crippen LogP contribution in [0.5, 0.6) is 0 Å². The third-order valence-electron chi connectivity index (χ3n) is 3.59. The number of rotatable bonds is 2. The third kappa shape index (κ3) is 2.30. The SMILES string of the molecule is O=c1[nH]c(-c2ccc(F)cc2)nc2c(-c3ccccc3)n[nH]c12. The zero-order valence-corrected chi connectivity index (χ0v) is 11.9. The van der Waals surface area contributed by atoms with Crippen LogP contribution in [-0.4, -0.2) is 20.2 Å². The monoisotopic (exact) mass is 306 g/mol. The van der Waals surface area contributed by atoms with Crippen LogP contribution >= 0.6 is 0 Å². The number of benzene rings is 2. The van der Waals surface area contributed by atoms with Crippen LogP contribution in [0.25, 0.3) is 33.7 Å². The Balaban J connectivity index is 1.95. The summed E-state index contributed by atoms with van der Waals surface area (Å²) in [6.07, 6.45) is 0. The van der Waals surface area contributed by atoms with Gasteiger partial charge in [0.15, 0.2) is 0 Å². The number of fused-ring (bicyclic) bond motifs is 1. The highest BCUT2D eigenvalue weighted by Crippen LogP contribution is 2.24. The molecule has 23 heavy (non-hydrogen) atoms. The van der Waals surface area contributed by atoms with Gasteiger partial charge in [-0.15, -0.1) is 0 Å². The van der Waals surface area contributed by atoms with E-state index in [1.807, 2.05) is 30.3 Å². The Morgan fingerprint density at radius 3 is 2.39 bits per heavy atom. The quantitative estimate of drug-likeness (QED) is 0.597. The molecule has 0 unspecified atom stereocenters. The lowest BCUT2D eigenvalue weighted by atomic mass is 10.1. The number of halogens is 1. The van der Waals surface area contributed by atoms with Crippen molar-refractivity contribution < 1.29 is 4.39 Å². The van der Waals surface area contributed by atoms with E-state index in [2.05, 4.69) is 20.2 Å². The Morgan fingerprint density at radius 1 is 0.913 bits per heavy atom. The van der Waals surface area contributed by atoms with Crippen molar-refractivity contribution in [2.45, 2.75) is 0 Å². The van der Waals surface area contributed by atoms with E-state index in [1.54, 1.807) is 12.1 Å². The highest BCUT2D eigenvalue weighted by molar-refractivity contribution is 5.89. The fourth-order valence-electron chi connectivity index (χ4n) is 2.45. The average molecular weight is 306 g/mol. The maximum atomic E-state index is 13.1. The molecular weight excluding hydrogens is 295 g/mol. The molecule has 0 aliphatic carbocycles. The van der Waals surface area contributed by atoms with Crippen molar-refractivity contribution >= 4 is 11.0 Å². The summed E-state index contributed by atoms with van der Waals surface area (Å²) in [4.78, 5) is 19.4. The van der Waals surface area contributed by atoms with E-state index in [0.717, 1.165) is 5.56 Å². The van der Waals surface area contributed by atoms with Crippen LogP contribution in [0.3, 0.4) is 0 Å². The molecule has 0 atom stereocenters. The fourth-order valence-corrected chi connectivity index (χ4v) is 2.45. The van der Waals surface area contributed by atoms with Crippen molar-refractivity contribution in [1.82, 2.24) is 20.2 Å². The minimum atomic E-state index is -0.342. The number of aromatic amines is 2. The van der Waals surface area contributed by atoms with Crippen LogP contribution < -0.4 is 5.56 Å². The van der Waals surface area contributed by atoms with Gasteiger partial charge in [-0.1, -0.05) is 30.3 Å². The number of aromatic nitrogens is 4. The van der Waals surface area contributed by atoms with E-state index in [0.29, 0.717) is 28.1 Å². The summed E-state index contributed by atoms with van der Waals surface area (Å²) < 4.78 is 13.1. The molecule has 4 rings (SSSR count). The Kier molecular flexibility index (Phi) is 3.01. The maximum absolute atomic E-state index is 13.1. The number of nitrogens with zero attached hydrogens (tertiary/aromatic N) is 2. The Labute approximate surface area is 129 Å². The zero-order valence-electron chi connectivity index (χ0n) is 11.9. The molecule has 0 saturated carbocycles.